The molecule has 4 heterocycles. The smallest absolute Gasteiger partial charge is 0.319 e. The highest BCUT2D eigenvalue weighted by Gasteiger charge is 2.46. The van der Waals surface area contributed by atoms with Crippen LogP contribution >= 0.6 is 0 Å². The van der Waals surface area contributed by atoms with Gasteiger partial charge < -0.3 is 20.1 Å². The lowest BCUT2D eigenvalue weighted by molar-refractivity contribution is 0.0702. The van der Waals surface area contributed by atoms with E-state index < -0.39 is 6.17 Å². The minimum absolute atomic E-state index is 0.0248. The van der Waals surface area contributed by atoms with Crippen molar-refractivity contribution in [2.24, 2.45) is 5.92 Å². The highest BCUT2D eigenvalue weighted by Crippen LogP contribution is 2.36. The second-order valence-electron chi connectivity index (χ2n) is 8.20. The zero-order chi connectivity index (χ0) is 22.2. The Kier molecular flexibility index (Phi) is 5.30. The maximum Gasteiger partial charge on any atom is 0.319 e. The third-order valence-electron chi connectivity index (χ3n) is 6.41. The molecule has 3 aliphatic rings. The van der Waals surface area contributed by atoms with E-state index in [2.05, 4.69) is 30.5 Å². The molecule has 4 atom stereocenters. The zero-order valence-corrected chi connectivity index (χ0v) is 17.8. The molecule has 0 spiro atoms. The number of anilines is 1. The molecule has 1 saturated carbocycles. The summed E-state index contributed by atoms with van der Waals surface area (Å²) < 4.78 is 19.9. The first-order valence-electron chi connectivity index (χ1n) is 10.6. The van der Waals surface area contributed by atoms with E-state index in [0.717, 1.165) is 19.4 Å². The van der Waals surface area contributed by atoms with Gasteiger partial charge in [0.05, 0.1) is 18.8 Å². The molecule has 6 rings (SSSR count). The van der Waals surface area contributed by atoms with Crippen LogP contribution in [0.3, 0.4) is 0 Å². The van der Waals surface area contributed by atoms with Crippen molar-refractivity contribution >= 4 is 5.82 Å². The number of fused-ring (bicyclic) bond motifs is 3. The molecule has 1 aromatic carbocycles. The second kappa shape index (κ2) is 8.27. The molecule has 0 unspecified atom stereocenters. The summed E-state index contributed by atoms with van der Waals surface area (Å²) in [6, 6.07) is 8.58. The number of alkyl halides is 1. The first kappa shape index (κ1) is 20.5. The number of phenols is 1. The fraction of sp³-hybridized carbons (Fsp3) is 0.409. The highest BCUT2D eigenvalue weighted by atomic mass is 19.1. The SMILES string of the molecule is COc1ncnc(-c2ccc(-c3ccc(N(C)[C@@H]4[C@H]5CC[C@H](NC5)[C@@H]4F)nn3)c(O)c2)n1. The van der Waals surface area contributed by atoms with E-state index in [1.165, 1.54) is 13.4 Å². The maximum absolute atomic E-state index is 14.9. The van der Waals surface area contributed by atoms with Gasteiger partial charge in [0.2, 0.25) is 0 Å². The number of hydrogen-bond acceptors (Lipinski definition) is 9. The first-order valence-corrected chi connectivity index (χ1v) is 10.6. The second-order valence-corrected chi connectivity index (χ2v) is 8.20. The number of rotatable bonds is 5. The van der Waals surface area contributed by atoms with Gasteiger partial charge >= 0.3 is 6.01 Å². The number of nitrogens with one attached hydrogen (secondary N) is 1. The lowest BCUT2D eigenvalue weighted by Crippen LogP contribution is -2.64. The number of piperidine rings is 2. The molecule has 2 aliphatic heterocycles. The van der Waals surface area contributed by atoms with E-state index in [1.54, 1.807) is 24.3 Å². The fourth-order valence-corrected chi connectivity index (χ4v) is 4.71. The van der Waals surface area contributed by atoms with Gasteiger partial charge in [-0.05, 0) is 43.0 Å². The molecule has 9 nitrogen and oxygen atoms in total. The van der Waals surface area contributed by atoms with Crippen LogP contribution in [-0.2, 0) is 0 Å². The Bertz CT molecular complexity index is 1100. The monoisotopic (exact) mass is 437 g/mol. The lowest BCUT2D eigenvalue weighted by atomic mass is 9.75. The molecule has 2 aromatic heterocycles. The number of aromatic hydroxyl groups is 1. The van der Waals surface area contributed by atoms with Crippen molar-refractivity contribution < 1.29 is 14.2 Å². The van der Waals surface area contributed by atoms with Crippen LogP contribution in [0.25, 0.3) is 22.6 Å². The summed E-state index contributed by atoms with van der Waals surface area (Å²) in [6.45, 7) is 0.832. The number of hydrogen-bond donors (Lipinski definition) is 2. The predicted molar refractivity (Wildman–Crippen MR) is 116 cm³/mol. The molecule has 2 saturated heterocycles. The third kappa shape index (κ3) is 3.60. The molecule has 10 heteroatoms. The van der Waals surface area contributed by atoms with Gasteiger partial charge in [-0.3, -0.25) is 0 Å². The lowest BCUT2D eigenvalue weighted by Gasteiger charge is -2.49. The molecule has 0 amide bonds. The van der Waals surface area contributed by atoms with Crippen LogP contribution in [0.1, 0.15) is 12.8 Å². The van der Waals surface area contributed by atoms with Gasteiger partial charge in [0.15, 0.2) is 11.6 Å². The van der Waals surface area contributed by atoms with E-state index >= 15 is 0 Å². The summed E-state index contributed by atoms with van der Waals surface area (Å²) in [5.74, 6) is 1.28. The topological polar surface area (TPSA) is 109 Å². The average Bonchev–Trinajstić information content (AvgIpc) is 2.84. The Hall–Kier alpha value is -3.40. The van der Waals surface area contributed by atoms with Crippen molar-refractivity contribution in [1.82, 2.24) is 30.5 Å². The molecule has 2 bridgehead atoms. The molecule has 1 aliphatic carbocycles. The summed E-state index contributed by atoms with van der Waals surface area (Å²) in [4.78, 5) is 14.1. The maximum atomic E-state index is 14.9. The van der Waals surface area contributed by atoms with Gasteiger partial charge in [0.25, 0.3) is 0 Å². The Morgan fingerprint density at radius 1 is 1.16 bits per heavy atom. The molecule has 166 valence electrons. The number of ether oxygens (including phenoxy) is 1. The molecule has 3 fully saturated rings. The van der Waals surface area contributed by atoms with Gasteiger partial charge in [0.1, 0.15) is 18.2 Å². The summed E-state index contributed by atoms with van der Waals surface area (Å²) in [7, 11) is 3.35. The molecule has 32 heavy (non-hydrogen) atoms. The van der Waals surface area contributed by atoms with Gasteiger partial charge in [-0.2, -0.15) is 9.97 Å². The number of halogens is 1. The fourth-order valence-electron chi connectivity index (χ4n) is 4.71. The molecular formula is C22H24FN7O2. The van der Waals surface area contributed by atoms with Crippen molar-refractivity contribution in [1.29, 1.82) is 0 Å². The van der Waals surface area contributed by atoms with Gasteiger partial charge in [0, 0.05) is 30.8 Å². The van der Waals surface area contributed by atoms with Crippen LogP contribution in [0.15, 0.2) is 36.7 Å². The average molecular weight is 437 g/mol. The van der Waals surface area contributed by atoms with Crippen LogP contribution in [0.4, 0.5) is 10.2 Å². The summed E-state index contributed by atoms with van der Waals surface area (Å²) >= 11 is 0. The Morgan fingerprint density at radius 3 is 2.69 bits per heavy atom. The van der Waals surface area contributed by atoms with Crippen molar-refractivity contribution in [2.75, 3.05) is 25.6 Å². The molecular weight excluding hydrogens is 413 g/mol. The largest absolute Gasteiger partial charge is 0.507 e. The summed E-state index contributed by atoms with van der Waals surface area (Å²) in [5, 5.41) is 22.5. The van der Waals surface area contributed by atoms with Gasteiger partial charge in [-0.15, -0.1) is 10.2 Å². The van der Waals surface area contributed by atoms with Crippen LogP contribution in [-0.4, -0.2) is 69.2 Å². The van der Waals surface area contributed by atoms with Crippen molar-refractivity contribution in [3.8, 4) is 34.4 Å². The minimum Gasteiger partial charge on any atom is -0.507 e. The number of methoxy groups -OCH3 is 1. The van der Waals surface area contributed by atoms with E-state index in [0.29, 0.717) is 28.5 Å². The van der Waals surface area contributed by atoms with Gasteiger partial charge in [-0.25, -0.2) is 9.37 Å². The first-order chi connectivity index (χ1) is 15.5. The van der Waals surface area contributed by atoms with E-state index in [9.17, 15) is 9.50 Å². The predicted octanol–water partition coefficient (Wildman–Crippen LogP) is 2.23. The summed E-state index contributed by atoms with van der Waals surface area (Å²) in [6.07, 6.45) is 2.32. The van der Waals surface area contributed by atoms with Crippen molar-refractivity contribution in [2.45, 2.75) is 31.1 Å². The van der Waals surface area contributed by atoms with Crippen molar-refractivity contribution in [3.05, 3.63) is 36.7 Å². The zero-order valence-electron chi connectivity index (χ0n) is 17.8. The van der Waals surface area contributed by atoms with Crippen molar-refractivity contribution in [3.63, 3.8) is 0 Å². The third-order valence-corrected chi connectivity index (χ3v) is 6.41. The number of aromatic nitrogens is 5. The highest BCUT2D eigenvalue weighted by molar-refractivity contribution is 5.72. The van der Waals surface area contributed by atoms with E-state index in [-0.39, 0.29) is 29.8 Å². The summed E-state index contributed by atoms with van der Waals surface area (Å²) in [5.41, 5.74) is 1.66. The normalized spacial score (nSPS) is 24.3. The van der Waals surface area contributed by atoms with Crippen LogP contribution in [0, 0.1) is 5.92 Å². The van der Waals surface area contributed by atoms with E-state index in [1.807, 2.05) is 18.0 Å². The quantitative estimate of drug-likeness (QED) is 0.621. The Balaban J connectivity index is 1.37. The molecule has 3 aromatic rings. The van der Waals surface area contributed by atoms with Crippen LogP contribution in [0.2, 0.25) is 0 Å². The molecule has 0 radical (unpaired) electrons. The van der Waals surface area contributed by atoms with Gasteiger partial charge in [-0.1, -0.05) is 6.07 Å². The standard InChI is InChI=1S/C22H24FN7O2/c1-30(20-13-4-6-16(19(20)23)24-10-13)18-8-7-15(28-29-18)14-5-3-12(9-17(14)31)21-25-11-26-22(27-21)32-2/h3,5,7-9,11,13,16,19-20,24,31H,4,6,10H2,1-2H3/t13-,16-,19-,20+/m0/s1. The Morgan fingerprint density at radius 2 is 2.03 bits per heavy atom. The minimum atomic E-state index is -0.931. The Labute approximate surface area is 184 Å². The van der Waals surface area contributed by atoms with E-state index in [4.69, 9.17) is 4.74 Å². The number of benzene rings is 1. The number of nitrogens with zero attached hydrogens (tertiary/aromatic N) is 6. The number of phenolic OH excluding ortho intramolecular Hbond substituents is 1. The molecule has 2 N–H and O–H groups in total. The van der Waals surface area contributed by atoms with Crippen LogP contribution in [0.5, 0.6) is 11.8 Å². The van der Waals surface area contributed by atoms with Crippen LogP contribution < -0.4 is 15.0 Å².